The van der Waals surface area contributed by atoms with Crippen LogP contribution in [-0.4, -0.2) is 96.5 Å². The second-order valence-electron chi connectivity index (χ2n) is 10.1. The zero-order valence-electron chi connectivity index (χ0n) is 21.7. The van der Waals surface area contributed by atoms with E-state index in [0.717, 1.165) is 81.2 Å². The topological polar surface area (TPSA) is 91.3 Å². The van der Waals surface area contributed by atoms with Crippen LogP contribution >= 0.6 is 0 Å². The lowest BCUT2D eigenvalue weighted by atomic mass is 10.0. The van der Waals surface area contributed by atoms with Crippen LogP contribution < -0.4 is 9.64 Å². The number of rotatable bonds is 7. The molecule has 0 amide bonds. The summed E-state index contributed by atoms with van der Waals surface area (Å²) in [7, 11) is -1.08. The van der Waals surface area contributed by atoms with Gasteiger partial charge in [-0.05, 0) is 43.6 Å². The zero-order chi connectivity index (χ0) is 25.8. The minimum Gasteiger partial charge on any atom is -0.491 e. The van der Waals surface area contributed by atoms with Gasteiger partial charge in [-0.3, -0.25) is 9.26 Å². The van der Waals surface area contributed by atoms with Gasteiger partial charge in [-0.1, -0.05) is 5.87 Å². The first-order valence-corrected chi connectivity index (χ1v) is 15.3. The molecule has 196 valence electrons. The first-order chi connectivity index (χ1) is 17.9. The van der Waals surface area contributed by atoms with E-state index in [-0.39, 0.29) is 0 Å². The zero-order valence-corrected chi connectivity index (χ0v) is 22.5. The summed E-state index contributed by atoms with van der Waals surface area (Å²) in [4.78, 5) is 9.45. The molecular formula is C27H35N7O2S. The van der Waals surface area contributed by atoms with Crippen LogP contribution in [0.5, 0.6) is 5.75 Å². The Morgan fingerprint density at radius 2 is 1.97 bits per heavy atom. The van der Waals surface area contributed by atoms with Crippen molar-refractivity contribution in [2.75, 3.05) is 70.0 Å². The summed E-state index contributed by atoms with van der Waals surface area (Å²) in [5.41, 5.74) is 3.10. The molecule has 0 unspecified atom stereocenters. The van der Waals surface area contributed by atoms with E-state index in [0.29, 0.717) is 24.0 Å². The van der Waals surface area contributed by atoms with Crippen LogP contribution in [0.3, 0.4) is 0 Å². The molecule has 10 heteroatoms. The summed E-state index contributed by atoms with van der Waals surface area (Å²) < 4.78 is 18.2. The minimum atomic E-state index is -1.08. The first kappa shape index (κ1) is 25.5. The molecule has 2 aliphatic heterocycles. The lowest BCUT2D eigenvalue weighted by Crippen LogP contribution is -2.38. The van der Waals surface area contributed by atoms with Crippen molar-refractivity contribution < 1.29 is 9.47 Å². The number of nitrogens with zero attached hydrogens (tertiary/aromatic N) is 7. The van der Waals surface area contributed by atoms with Crippen molar-refractivity contribution in [1.82, 2.24) is 19.5 Å². The van der Waals surface area contributed by atoms with E-state index in [1.54, 1.807) is 10.7 Å². The Hall–Kier alpha value is -3.13. The summed E-state index contributed by atoms with van der Waals surface area (Å²) in [6, 6.07) is 8.78. The lowest BCUT2D eigenvalue weighted by Gasteiger charge is -2.31. The van der Waals surface area contributed by atoms with Crippen molar-refractivity contribution in [2.45, 2.75) is 18.9 Å². The van der Waals surface area contributed by atoms with E-state index in [1.165, 1.54) is 0 Å². The molecule has 0 atom stereocenters. The monoisotopic (exact) mass is 521 g/mol. The average Bonchev–Trinajstić information content (AvgIpc) is 3.32. The minimum absolute atomic E-state index is 0.392. The van der Waals surface area contributed by atoms with E-state index >= 15 is 0 Å². The van der Waals surface area contributed by atoms with Crippen molar-refractivity contribution in [1.29, 1.82) is 5.26 Å². The van der Waals surface area contributed by atoms with Gasteiger partial charge >= 0.3 is 0 Å². The SMILES string of the molecule is C=S(C)(C)=NC1CCN(c2ccc(-c3cc(OCCN4CCOCC4)cn4ncc(C#N)c34)cn2)CC1. The fraction of sp³-hybridized carbons (Fsp3) is 0.481. The first-order valence-electron chi connectivity index (χ1n) is 12.7. The summed E-state index contributed by atoms with van der Waals surface area (Å²) in [5.74, 6) is 5.88. The largest absolute Gasteiger partial charge is 0.491 e. The van der Waals surface area contributed by atoms with Gasteiger partial charge in [0.1, 0.15) is 24.2 Å². The summed E-state index contributed by atoms with van der Waals surface area (Å²) in [6.45, 7) is 6.69. The second-order valence-corrected chi connectivity index (χ2v) is 13.2. The van der Waals surface area contributed by atoms with Gasteiger partial charge in [0.2, 0.25) is 0 Å². The van der Waals surface area contributed by atoms with E-state index in [2.05, 4.69) is 51.5 Å². The molecule has 37 heavy (non-hydrogen) atoms. The van der Waals surface area contributed by atoms with E-state index in [1.807, 2.05) is 18.5 Å². The highest BCUT2D eigenvalue weighted by molar-refractivity contribution is 8.01. The Balaban J connectivity index is 1.33. The van der Waals surface area contributed by atoms with Crippen LogP contribution in [0.4, 0.5) is 5.82 Å². The Labute approximate surface area is 219 Å². The fourth-order valence-electron chi connectivity index (χ4n) is 4.93. The van der Waals surface area contributed by atoms with Crippen LogP contribution in [0.25, 0.3) is 16.6 Å². The van der Waals surface area contributed by atoms with Crippen molar-refractivity contribution in [3.05, 3.63) is 42.4 Å². The molecule has 0 spiro atoms. The number of fused-ring (bicyclic) bond motifs is 1. The predicted molar refractivity (Wildman–Crippen MR) is 150 cm³/mol. The van der Waals surface area contributed by atoms with Gasteiger partial charge in [0, 0.05) is 50.0 Å². The molecule has 9 nitrogen and oxygen atoms in total. The molecule has 2 aliphatic rings. The van der Waals surface area contributed by atoms with Gasteiger partial charge in [0.25, 0.3) is 0 Å². The molecule has 2 saturated heterocycles. The maximum atomic E-state index is 9.67. The number of piperidine rings is 1. The molecule has 3 aromatic heterocycles. The quantitative estimate of drug-likeness (QED) is 0.442. The standard InChI is InChI=1S/C27H35N7O2S/c1-37(2,3)31-23-6-8-33(9-7-23)26-5-4-21(18-29-26)25-16-24(20-34-27(25)22(17-28)19-30-34)36-15-12-32-10-13-35-14-11-32/h4-5,16,18-20,23H,1,6-15H2,2-3H3. The number of hydrogen-bond acceptors (Lipinski definition) is 8. The summed E-state index contributed by atoms with van der Waals surface area (Å²) >= 11 is 0. The molecule has 0 aromatic carbocycles. The average molecular weight is 522 g/mol. The molecule has 5 rings (SSSR count). The van der Waals surface area contributed by atoms with Crippen LogP contribution in [0.15, 0.2) is 41.2 Å². The third kappa shape index (κ3) is 6.24. The van der Waals surface area contributed by atoms with Crippen molar-refractivity contribution >= 4 is 26.6 Å². The highest BCUT2D eigenvalue weighted by Gasteiger charge is 2.20. The highest BCUT2D eigenvalue weighted by Crippen LogP contribution is 2.31. The van der Waals surface area contributed by atoms with E-state index < -0.39 is 9.41 Å². The molecule has 2 fully saturated rings. The molecule has 3 aromatic rings. The molecule has 0 saturated carbocycles. The highest BCUT2D eigenvalue weighted by atomic mass is 32.2. The number of pyridine rings is 2. The van der Waals surface area contributed by atoms with Crippen molar-refractivity contribution in [3.8, 4) is 22.9 Å². The number of anilines is 1. The molecule has 0 bridgehead atoms. The van der Waals surface area contributed by atoms with E-state index in [9.17, 15) is 5.26 Å². The Kier molecular flexibility index (Phi) is 7.65. The van der Waals surface area contributed by atoms with Gasteiger partial charge in [-0.25, -0.2) is 9.50 Å². The molecule has 5 heterocycles. The van der Waals surface area contributed by atoms with Crippen molar-refractivity contribution in [3.63, 3.8) is 0 Å². The van der Waals surface area contributed by atoms with Gasteiger partial charge in [0.15, 0.2) is 0 Å². The van der Waals surface area contributed by atoms with Crippen LogP contribution in [-0.2, 0) is 14.2 Å². The normalized spacial score (nSPS) is 17.6. The molecular weight excluding hydrogens is 486 g/mol. The number of hydrogen-bond donors (Lipinski definition) is 0. The number of aromatic nitrogens is 3. The molecule has 0 aliphatic carbocycles. The Morgan fingerprint density at radius 3 is 2.65 bits per heavy atom. The smallest absolute Gasteiger partial charge is 0.138 e. The van der Waals surface area contributed by atoms with Gasteiger partial charge in [-0.2, -0.15) is 10.4 Å². The van der Waals surface area contributed by atoms with Gasteiger partial charge in [0.05, 0.1) is 42.7 Å². The number of nitriles is 1. The maximum absolute atomic E-state index is 9.67. The summed E-state index contributed by atoms with van der Waals surface area (Å²) in [5, 5.41) is 14.1. The number of ether oxygens (including phenoxy) is 2. The van der Waals surface area contributed by atoms with Gasteiger partial charge in [-0.15, -0.1) is 9.41 Å². The van der Waals surface area contributed by atoms with Crippen LogP contribution in [0, 0.1) is 11.3 Å². The van der Waals surface area contributed by atoms with Crippen LogP contribution in [0.2, 0.25) is 0 Å². The van der Waals surface area contributed by atoms with Crippen molar-refractivity contribution in [2.24, 2.45) is 4.36 Å². The molecule has 0 N–H and O–H groups in total. The fourth-order valence-corrected chi connectivity index (χ4v) is 5.95. The Bertz CT molecular complexity index is 1380. The molecule has 0 radical (unpaired) electrons. The third-order valence-electron chi connectivity index (χ3n) is 6.77. The third-order valence-corrected chi connectivity index (χ3v) is 7.64. The van der Waals surface area contributed by atoms with E-state index in [4.69, 9.17) is 18.8 Å². The lowest BCUT2D eigenvalue weighted by molar-refractivity contribution is 0.0322. The number of morpholine rings is 1. The Morgan fingerprint density at radius 1 is 1.19 bits per heavy atom. The predicted octanol–water partition coefficient (Wildman–Crippen LogP) is 2.98. The van der Waals surface area contributed by atoms with Crippen LogP contribution in [0.1, 0.15) is 18.4 Å². The summed E-state index contributed by atoms with van der Waals surface area (Å²) in [6.07, 6.45) is 11.7. The second kappa shape index (κ2) is 11.1. The van der Waals surface area contributed by atoms with Gasteiger partial charge < -0.3 is 14.4 Å². The maximum Gasteiger partial charge on any atom is 0.138 e.